The van der Waals surface area contributed by atoms with Crippen LogP contribution >= 0.6 is 0 Å². The normalized spacial score (nSPS) is 15.9. The van der Waals surface area contributed by atoms with Gasteiger partial charge in [0.2, 0.25) is 0 Å². The first-order chi connectivity index (χ1) is 6.25. The molecule has 0 amide bonds. The van der Waals surface area contributed by atoms with Gasteiger partial charge in [0.1, 0.15) is 18.2 Å². The lowest BCUT2D eigenvalue weighted by Crippen LogP contribution is -1.97. The van der Waals surface area contributed by atoms with Gasteiger partial charge in [-0.1, -0.05) is 6.58 Å². The maximum Gasteiger partial charge on any atom is 0.123 e. The molecule has 0 aromatic heterocycles. The highest BCUT2D eigenvalue weighted by Gasteiger charge is 2.10. The van der Waals surface area contributed by atoms with Gasteiger partial charge in [0.25, 0.3) is 0 Å². The minimum atomic E-state index is -0.199. The van der Waals surface area contributed by atoms with E-state index < -0.39 is 0 Å². The number of rotatable bonds is 0. The Balaban J connectivity index is 2.35. The van der Waals surface area contributed by atoms with Crippen molar-refractivity contribution < 1.29 is 9.13 Å². The fourth-order valence-electron chi connectivity index (χ4n) is 1.45. The molecule has 1 aliphatic rings. The van der Waals surface area contributed by atoms with Crippen molar-refractivity contribution in [3.8, 4) is 5.75 Å². The van der Waals surface area contributed by atoms with Crippen LogP contribution in [0, 0.1) is 5.82 Å². The Morgan fingerprint density at radius 3 is 3.00 bits per heavy atom. The van der Waals surface area contributed by atoms with E-state index in [1.54, 1.807) is 6.07 Å². The van der Waals surface area contributed by atoms with Gasteiger partial charge in [-0.2, -0.15) is 0 Å². The van der Waals surface area contributed by atoms with Crippen molar-refractivity contribution in [3.63, 3.8) is 0 Å². The van der Waals surface area contributed by atoms with Gasteiger partial charge in [-0.25, -0.2) is 4.39 Å². The number of halogens is 1. The Bertz CT molecular complexity index is 344. The molecule has 2 heteroatoms. The zero-order chi connectivity index (χ0) is 9.26. The SMILES string of the molecule is C=C1CCc2cc(F)ccc2OC1. The highest BCUT2D eigenvalue weighted by Crippen LogP contribution is 2.25. The first kappa shape index (κ1) is 8.30. The lowest BCUT2D eigenvalue weighted by molar-refractivity contribution is 0.353. The van der Waals surface area contributed by atoms with Crippen LogP contribution < -0.4 is 4.74 Å². The monoisotopic (exact) mass is 178 g/mol. The summed E-state index contributed by atoms with van der Waals surface area (Å²) in [5.41, 5.74) is 2.01. The first-order valence-corrected chi connectivity index (χ1v) is 4.33. The summed E-state index contributed by atoms with van der Waals surface area (Å²) in [6, 6.07) is 4.64. The van der Waals surface area contributed by atoms with Gasteiger partial charge in [-0.3, -0.25) is 0 Å². The summed E-state index contributed by atoms with van der Waals surface area (Å²) in [7, 11) is 0. The number of fused-ring (bicyclic) bond motifs is 1. The predicted octanol–water partition coefficient (Wildman–Crippen LogP) is 2.71. The third-order valence-electron chi connectivity index (χ3n) is 2.20. The highest BCUT2D eigenvalue weighted by atomic mass is 19.1. The van der Waals surface area contributed by atoms with Crippen LogP contribution in [0.5, 0.6) is 5.75 Å². The van der Waals surface area contributed by atoms with Gasteiger partial charge in [0.15, 0.2) is 0 Å². The molecule has 0 unspecified atom stereocenters. The van der Waals surface area contributed by atoms with Crippen LogP contribution in [0.25, 0.3) is 0 Å². The summed E-state index contributed by atoms with van der Waals surface area (Å²) in [6.45, 7) is 4.42. The molecule has 0 saturated heterocycles. The number of hydrogen-bond acceptors (Lipinski definition) is 1. The molecular formula is C11H11FO. The second kappa shape index (κ2) is 3.21. The van der Waals surface area contributed by atoms with Crippen molar-refractivity contribution in [3.05, 3.63) is 41.7 Å². The van der Waals surface area contributed by atoms with Crippen LogP contribution in [0.15, 0.2) is 30.4 Å². The quantitative estimate of drug-likeness (QED) is 0.555. The summed E-state index contributed by atoms with van der Waals surface area (Å²) in [5, 5.41) is 0. The van der Waals surface area contributed by atoms with Crippen LogP contribution in [-0.4, -0.2) is 6.61 Å². The van der Waals surface area contributed by atoms with E-state index in [-0.39, 0.29) is 5.82 Å². The minimum absolute atomic E-state index is 0.199. The third kappa shape index (κ3) is 1.72. The molecule has 1 aromatic carbocycles. The zero-order valence-electron chi connectivity index (χ0n) is 7.35. The van der Waals surface area contributed by atoms with Crippen molar-refractivity contribution in [2.75, 3.05) is 6.61 Å². The molecule has 1 heterocycles. The molecule has 0 saturated carbocycles. The lowest BCUT2D eigenvalue weighted by Gasteiger charge is -2.05. The Morgan fingerprint density at radius 2 is 2.15 bits per heavy atom. The highest BCUT2D eigenvalue weighted by molar-refractivity contribution is 5.36. The molecule has 0 aliphatic carbocycles. The van der Waals surface area contributed by atoms with Gasteiger partial charge in [-0.15, -0.1) is 0 Å². The number of hydrogen-bond donors (Lipinski definition) is 0. The molecule has 0 atom stereocenters. The summed E-state index contributed by atoms with van der Waals surface area (Å²) >= 11 is 0. The Morgan fingerprint density at radius 1 is 1.31 bits per heavy atom. The second-order valence-corrected chi connectivity index (χ2v) is 3.29. The lowest BCUT2D eigenvalue weighted by atomic mass is 10.1. The molecule has 0 N–H and O–H groups in total. The average Bonchev–Trinajstić information content (AvgIpc) is 2.29. The molecular weight excluding hydrogens is 167 g/mol. The van der Waals surface area contributed by atoms with Crippen molar-refractivity contribution in [1.29, 1.82) is 0 Å². The Hall–Kier alpha value is -1.31. The number of ether oxygens (including phenoxy) is 1. The van der Waals surface area contributed by atoms with Crippen molar-refractivity contribution in [2.24, 2.45) is 0 Å². The standard InChI is InChI=1S/C11H11FO/c1-8-2-3-9-6-10(12)4-5-11(9)13-7-8/h4-6H,1-3,7H2. The van der Waals surface area contributed by atoms with E-state index in [1.807, 2.05) is 0 Å². The van der Waals surface area contributed by atoms with Crippen LogP contribution in [0.4, 0.5) is 4.39 Å². The minimum Gasteiger partial charge on any atom is -0.489 e. The van der Waals surface area contributed by atoms with Crippen LogP contribution in [-0.2, 0) is 6.42 Å². The molecule has 1 nitrogen and oxygen atoms in total. The fourth-order valence-corrected chi connectivity index (χ4v) is 1.45. The molecule has 68 valence electrons. The molecule has 2 rings (SSSR count). The largest absolute Gasteiger partial charge is 0.489 e. The zero-order valence-corrected chi connectivity index (χ0v) is 7.35. The topological polar surface area (TPSA) is 9.23 Å². The van der Waals surface area contributed by atoms with Crippen molar-refractivity contribution in [1.82, 2.24) is 0 Å². The van der Waals surface area contributed by atoms with E-state index in [0.29, 0.717) is 6.61 Å². The molecule has 1 aromatic rings. The maximum absolute atomic E-state index is 12.8. The fraction of sp³-hybridized carbons (Fsp3) is 0.273. The van der Waals surface area contributed by atoms with Gasteiger partial charge < -0.3 is 4.74 Å². The Kier molecular flexibility index (Phi) is 2.05. The average molecular weight is 178 g/mol. The van der Waals surface area contributed by atoms with Gasteiger partial charge >= 0.3 is 0 Å². The van der Waals surface area contributed by atoms with Crippen molar-refractivity contribution in [2.45, 2.75) is 12.8 Å². The molecule has 1 aliphatic heterocycles. The number of aryl methyl sites for hydroxylation is 1. The van der Waals surface area contributed by atoms with Crippen LogP contribution in [0.3, 0.4) is 0 Å². The summed E-state index contributed by atoms with van der Waals surface area (Å²) in [6.07, 6.45) is 1.71. The summed E-state index contributed by atoms with van der Waals surface area (Å²) in [4.78, 5) is 0. The molecule has 0 radical (unpaired) electrons. The van der Waals surface area contributed by atoms with Gasteiger partial charge in [0, 0.05) is 0 Å². The van der Waals surface area contributed by atoms with Crippen LogP contribution in [0.1, 0.15) is 12.0 Å². The van der Waals surface area contributed by atoms with Crippen molar-refractivity contribution >= 4 is 0 Å². The van der Waals surface area contributed by atoms with E-state index in [2.05, 4.69) is 6.58 Å². The van der Waals surface area contributed by atoms with E-state index >= 15 is 0 Å². The van der Waals surface area contributed by atoms with Gasteiger partial charge in [-0.05, 0) is 42.2 Å². The van der Waals surface area contributed by atoms with Crippen LogP contribution in [0.2, 0.25) is 0 Å². The first-order valence-electron chi connectivity index (χ1n) is 4.33. The Labute approximate surface area is 76.8 Å². The molecule has 0 spiro atoms. The number of benzene rings is 1. The van der Waals surface area contributed by atoms with E-state index in [4.69, 9.17) is 4.74 Å². The smallest absolute Gasteiger partial charge is 0.123 e. The summed E-state index contributed by atoms with van der Waals surface area (Å²) in [5.74, 6) is 0.593. The molecule has 0 bridgehead atoms. The van der Waals surface area contributed by atoms with E-state index in [1.165, 1.54) is 12.1 Å². The van der Waals surface area contributed by atoms with Gasteiger partial charge in [0.05, 0.1) is 0 Å². The second-order valence-electron chi connectivity index (χ2n) is 3.29. The molecule has 13 heavy (non-hydrogen) atoms. The van der Waals surface area contributed by atoms with E-state index in [9.17, 15) is 4.39 Å². The third-order valence-corrected chi connectivity index (χ3v) is 2.20. The maximum atomic E-state index is 12.8. The van der Waals surface area contributed by atoms with E-state index in [0.717, 1.165) is 29.7 Å². The molecule has 0 fully saturated rings. The summed E-state index contributed by atoms with van der Waals surface area (Å²) < 4.78 is 18.3. The predicted molar refractivity (Wildman–Crippen MR) is 49.4 cm³/mol.